The zero-order valence-corrected chi connectivity index (χ0v) is 17.4. The molecule has 0 saturated carbocycles. The van der Waals surface area contributed by atoms with E-state index in [9.17, 15) is 5.11 Å². The summed E-state index contributed by atoms with van der Waals surface area (Å²) in [7, 11) is 3.26. The van der Waals surface area contributed by atoms with E-state index in [4.69, 9.17) is 37.9 Å². The second-order valence-corrected chi connectivity index (χ2v) is 5.74. The predicted octanol–water partition coefficient (Wildman–Crippen LogP) is 1.51. The summed E-state index contributed by atoms with van der Waals surface area (Å²) in [4.78, 5) is 0. The van der Waals surface area contributed by atoms with Gasteiger partial charge in [0, 0.05) is 14.2 Å². The second kappa shape index (κ2) is 18.4. The van der Waals surface area contributed by atoms with Crippen molar-refractivity contribution in [1.29, 1.82) is 0 Å². The van der Waals surface area contributed by atoms with Gasteiger partial charge < -0.3 is 43.0 Å². The summed E-state index contributed by atoms with van der Waals surface area (Å²) in [6.07, 6.45) is 0. The van der Waals surface area contributed by atoms with Crippen LogP contribution in [-0.4, -0.2) is 98.6 Å². The summed E-state index contributed by atoms with van der Waals surface area (Å²) in [6, 6.07) is 4.96. The first-order valence-corrected chi connectivity index (χ1v) is 9.66. The Morgan fingerprint density at radius 2 is 1.03 bits per heavy atom. The fraction of sp³-hybridized carbons (Fsp3) is 0.700. The molecule has 0 aliphatic carbocycles. The van der Waals surface area contributed by atoms with Crippen molar-refractivity contribution < 1.29 is 43.0 Å². The fourth-order valence-corrected chi connectivity index (χ4v) is 2.10. The van der Waals surface area contributed by atoms with Crippen LogP contribution in [0.15, 0.2) is 18.2 Å². The molecule has 1 rings (SSSR count). The number of hydrogen-bond donors (Lipinski definition) is 1. The quantitative estimate of drug-likeness (QED) is 0.316. The Balaban J connectivity index is 2.16. The molecule has 9 heteroatoms. The molecule has 0 bridgehead atoms. The van der Waals surface area contributed by atoms with Crippen LogP contribution < -0.4 is 9.47 Å². The molecule has 29 heavy (non-hydrogen) atoms. The van der Waals surface area contributed by atoms with Crippen molar-refractivity contribution in [2.24, 2.45) is 0 Å². The standard InChI is InChI=1S/C20H34O9/c1-22-6-8-24-10-12-26-14-16-28-19-5-3-4-18(21)20(19)29-17-15-27-13-11-25-9-7-23-2/h3-5,21H,6-17H2,1-2H3. The Morgan fingerprint density at radius 3 is 1.55 bits per heavy atom. The van der Waals surface area contributed by atoms with Gasteiger partial charge in [-0.1, -0.05) is 6.07 Å². The number of rotatable bonds is 20. The minimum absolute atomic E-state index is 0.0119. The third kappa shape index (κ3) is 13.3. The number of benzene rings is 1. The molecule has 0 atom stereocenters. The molecular weight excluding hydrogens is 384 g/mol. The third-order valence-electron chi connectivity index (χ3n) is 3.53. The first-order chi connectivity index (χ1) is 14.3. The Bertz CT molecular complexity index is 499. The summed E-state index contributed by atoms with van der Waals surface area (Å²) >= 11 is 0. The summed E-state index contributed by atoms with van der Waals surface area (Å²) < 4.78 is 42.5. The summed E-state index contributed by atoms with van der Waals surface area (Å²) in [5.74, 6) is 0.751. The maximum Gasteiger partial charge on any atom is 0.203 e. The number of aromatic hydroxyl groups is 1. The van der Waals surface area contributed by atoms with E-state index >= 15 is 0 Å². The molecule has 0 amide bonds. The van der Waals surface area contributed by atoms with Crippen LogP contribution in [0, 0.1) is 0 Å². The van der Waals surface area contributed by atoms with Gasteiger partial charge in [0.2, 0.25) is 5.75 Å². The van der Waals surface area contributed by atoms with E-state index < -0.39 is 0 Å². The number of phenols is 1. The van der Waals surface area contributed by atoms with E-state index in [0.717, 1.165) is 0 Å². The maximum absolute atomic E-state index is 10.0. The lowest BCUT2D eigenvalue weighted by molar-refractivity contribution is 0.0158. The monoisotopic (exact) mass is 418 g/mol. The zero-order valence-electron chi connectivity index (χ0n) is 17.4. The van der Waals surface area contributed by atoms with E-state index in [0.29, 0.717) is 78.4 Å². The lowest BCUT2D eigenvalue weighted by atomic mass is 10.3. The van der Waals surface area contributed by atoms with Gasteiger partial charge in [-0.2, -0.15) is 0 Å². The lowest BCUT2D eigenvalue weighted by Gasteiger charge is -2.14. The zero-order chi connectivity index (χ0) is 21.0. The molecule has 0 fully saturated rings. The highest BCUT2D eigenvalue weighted by Crippen LogP contribution is 2.36. The Labute approximate surface area is 172 Å². The molecule has 0 aliphatic heterocycles. The number of hydrogen-bond acceptors (Lipinski definition) is 9. The van der Waals surface area contributed by atoms with Gasteiger partial charge in [0.25, 0.3) is 0 Å². The number of phenolic OH excluding ortho intramolecular Hbond substituents is 1. The molecule has 0 spiro atoms. The van der Waals surface area contributed by atoms with Crippen LogP contribution in [0.4, 0.5) is 0 Å². The normalized spacial score (nSPS) is 11.0. The van der Waals surface area contributed by atoms with Gasteiger partial charge >= 0.3 is 0 Å². The number of methoxy groups -OCH3 is 2. The number of ether oxygens (including phenoxy) is 8. The molecule has 0 radical (unpaired) electrons. The van der Waals surface area contributed by atoms with Crippen LogP contribution in [0.3, 0.4) is 0 Å². The van der Waals surface area contributed by atoms with Crippen molar-refractivity contribution in [3.05, 3.63) is 18.2 Å². The highest BCUT2D eigenvalue weighted by Gasteiger charge is 2.10. The van der Waals surface area contributed by atoms with Crippen molar-refractivity contribution in [2.45, 2.75) is 0 Å². The van der Waals surface area contributed by atoms with Crippen molar-refractivity contribution in [1.82, 2.24) is 0 Å². The van der Waals surface area contributed by atoms with E-state index in [2.05, 4.69) is 0 Å². The molecule has 1 aromatic rings. The maximum atomic E-state index is 10.0. The van der Waals surface area contributed by atoms with Crippen molar-refractivity contribution >= 4 is 0 Å². The average Bonchev–Trinajstić information content (AvgIpc) is 2.72. The molecule has 1 N–H and O–H groups in total. The van der Waals surface area contributed by atoms with Crippen molar-refractivity contribution in [3.8, 4) is 17.2 Å². The summed E-state index contributed by atoms with van der Waals surface area (Å²) in [6.45, 7) is 5.52. The van der Waals surface area contributed by atoms with Gasteiger partial charge in [-0.15, -0.1) is 0 Å². The van der Waals surface area contributed by atoms with Crippen molar-refractivity contribution in [2.75, 3.05) is 93.5 Å². The summed E-state index contributed by atoms with van der Waals surface area (Å²) in [5.41, 5.74) is 0. The third-order valence-corrected chi connectivity index (χ3v) is 3.53. The van der Waals surface area contributed by atoms with Crippen LogP contribution in [-0.2, 0) is 28.4 Å². The summed E-state index contributed by atoms with van der Waals surface area (Å²) in [5, 5.41) is 10.0. The van der Waals surface area contributed by atoms with Crippen molar-refractivity contribution in [3.63, 3.8) is 0 Å². The van der Waals surface area contributed by atoms with Gasteiger partial charge in [0.05, 0.1) is 66.1 Å². The van der Waals surface area contributed by atoms with E-state index in [1.54, 1.807) is 32.4 Å². The fourth-order valence-electron chi connectivity index (χ4n) is 2.10. The van der Waals surface area contributed by atoms with Gasteiger partial charge in [0.1, 0.15) is 13.2 Å². The van der Waals surface area contributed by atoms with Crippen LogP contribution in [0.1, 0.15) is 0 Å². The van der Waals surface area contributed by atoms with Crippen LogP contribution in [0.2, 0.25) is 0 Å². The Hall–Kier alpha value is -1.62. The molecule has 1 aromatic carbocycles. The highest BCUT2D eigenvalue weighted by molar-refractivity contribution is 5.50. The van der Waals surface area contributed by atoms with E-state index in [1.807, 2.05) is 0 Å². The van der Waals surface area contributed by atoms with Gasteiger partial charge in [-0.3, -0.25) is 0 Å². The largest absolute Gasteiger partial charge is 0.504 e. The molecule has 168 valence electrons. The first-order valence-electron chi connectivity index (χ1n) is 9.66. The Morgan fingerprint density at radius 1 is 0.586 bits per heavy atom. The minimum atomic E-state index is 0.0119. The molecule has 9 nitrogen and oxygen atoms in total. The molecular formula is C20H34O9. The van der Waals surface area contributed by atoms with E-state index in [1.165, 1.54) is 0 Å². The minimum Gasteiger partial charge on any atom is -0.504 e. The lowest BCUT2D eigenvalue weighted by Crippen LogP contribution is -2.14. The van der Waals surface area contributed by atoms with Crippen LogP contribution in [0.5, 0.6) is 17.2 Å². The Kier molecular flexibility index (Phi) is 16.1. The van der Waals surface area contributed by atoms with E-state index in [-0.39, 0.29) is 18.1 Å². The van der Waals surface area contributed by atoms with Crippen LogP contribution >= 0.6 is 0 Å². The molecule has 0 saturated heterocycles. The highest BCUT2D eigenvalue weighted by atomic mass is 16.6. The SMILES string of the molecule is COCCOCCOCCOc1cccc(O)c1OCCOCCOCCOC. The van der Waals surface area contributed by atoms with Gasteiger partial charge in [0.15, 0.2) is 11.5 Å². The predicted molar refractivity (Wildman–Crippen MR) is 106 cm³/mol. The average molecular weight is 418 g/mol. The van der Waals surface area contributed by atoms with Gasteiger partial charge in [-0.25, -0.2) is 0 Å². The molecule has 0 aromatic heterocycles. The topological polar surface area (TPSA) is 94.1 Å². The molecule has 0 heterocycles. The second-order valence-electron chi connectivity index (χ2n) is 5.74. The first kappa shape index (κ1) is 25.4. The molecule has 0 unspecified atom stereocenters. The number of para-hydroxylation sites is 1. The smallest absolute Gasteiger partial charge is 0.203 e. The molecule has 0 aliphatic rings. The van der Waals surface area contributed by atoms with Gasteiger partial charge in [-0.05, 0) is 12.1 Å². The van der Waals surface area contributed by atoms with Crippen LogP contribution in [0.25, 0.3) is 0 Å².